The van der Waals surface area contributed by atoms with Crippen LogP contribution in [0, 0.1) is 20.8 Å². The van der Waals surface area contributed by atoms with Gasteiger partial charge in [-0.1, -0.05) is 71.7 Å². The van der Waals surface area contributed by atoms with Crippen molar-refractivity contribution in [1.82, 2.24) is 19.9 Å². The fourth-order valence-electron chi connectivity index (χ4n) is 6.75. The van der Waals surface area contributed by atoms with Gasteiger partial charge in [0, 0.05) is 46.7 Å². The summed E-state index contributed by atoms with van der Waals surface area (Å²) in [5.74, 6) is 4.09. The topological polar surface area (TPSA) is 193 Å². The summed E-state index contributed by atoms with van der Waals surface area (Å²) in [6.45, 7) is 5.75. The van der Waals surface area contributed by atoms with Crippen LogP contribution >= 0.6 is 23.2 Å². The van der Waals surface area contributed by atoms with E-state index < -0.39 is 6.04 Å². The molecule has 0 aliphatic heterocycles. The van der Waals surface area contributed by atoms with Crippen LogP contribution in [-0.2, 0) is 0 Å². The van der Waals surface area contributed by atoms with Gasteiger partial charge in [-0.3, -0.25) is 14.8 Å². The number of para-hydroxylation sites is 1. The number of hydrogen-bond acceptors (Lipinski definition) is 14. The molecule has 4 aromatic carbocycles. The third-order valence-corrected chi connectivity index (χ3v) is 10.4. The van der Waals surface area contributed by atoms with E-state index in [0.717, 1.165) is 33.0 Å². The number of pyridine rings is 4. The molecule has 0 spiro atoms. The molecule has 0 fully saturated rings. The van der Waals surface area contributed by atoms with Gasteiger partial charge in [-0.15, -0.1) is 0 Å². The van der Waals surface area contributed by atoms with E-state index in [0.29, 0.717) is 78.9 Å². The molecule has 1 atom stereocenters. The number of ether oxygens (including phenoxy) is 5. The quantitative estimate of drug-likeness (QED) is 0.0946. The third kappa shape index (κ3) is 11.8. The van der Waals surface area contributed by atoms with Crippen molar-refractivity contribution in [3.05, 3.63) is 159 Å². The van der Waals surface area contributed by atoms with Crippen LogP contribution in [0.25, 0.3) is 21.8 Å². The number of aromatic hydroxyl groups is 2. The molecule has 1 unspecified atom stereocenters. The Hall–Kier alpha value is -7.55. The van der Waals surface area contributed by atoms with Crippen molar-refractivity contribution in [2.45, 2.75) is 26.8 Å². The molecule has 14 nitrogen and oxygen atoms in total. The van der Waals surface area contributed by atoms with Crippen LogP contribution < -0.4 is 34.7 Å². The lowest BCUT2D eigenvalue weighted by atomic mass is 9.94. The molecule has 4 aromatic heterocycles. The van der Waals surface area contributed by atoms with Crippen LogP contribution in [0.1, 0.15) is 44.2 Å². The van der Waals surface area contributed by atoms with Crippen LogP contribution in [0.2, 0.25) is 10.0 Å². The minimum Gasteiger partial charge on any atom is -0.506 e. The van der Waals surface area contributed by atoms with E-state index >= 15 is 0 Å². The van der Waals surface area contributed by atoms with Crippen molar-refractivity contribution >= 4 is 62.9 Å². The number of aromatic nitrogens is 4. The van der Waals surface area contributed by atoms with E-state index in [1.54, 1.807) is 63.1 Å². The Morgan fingerprint density at radius 2 is 1.20 bits per heavy atom. The number of carbonyl (C=O) groups excluding carboxylic acids is 1. The number of methoxy groups -OCH3 is 5. The van der Waals surface area contributed by atoms with Crippen LogP contribution in [0.15, 0.2) is 116 Å². The van der Waals surface area contributed by atoms with Gasteiger partial charge in [0.2, 0.25) is 5.75 Å². The largest absolute Gasteiger partial charge is 0.506 e. The average Bonchev–Trinajstić information content (AvgIpc) is 3.33. The highest BCUT2D eigenvalue weighted by atomic mass is 35.5. The SMILES string of the molecule is COc1c(C)ccc(C(Nc2ncc(Cl)cc2C)c2ccc3cccnc3c2O)c1OC.COc1ccc(C=O)c(OC)c1OC.Cc1cc(Cl)cnc1N.Oc1cccc2cccnc12. The molecule has 342 valence electrons. The molecule has 8 rings (SSSR count). The smallest absolute Gasteiger partial charge is 0.204 e. The number of nitrogens with zero attached hydrogens (tertiary/aromatic N) is 4. The summed E-state index contributed by atoms with van der Waals surface area (Å²) in [6, 6.07) is 27.0. The van der Waals surface area contributed by atoms with Gasteiger partial charge >= 0.3 is 0 Å². The molecular weight excluding hydrogens is 883 g/mol. The molecule has 66 heavy (non-hydrogen) atoms. The predicted molar refractivity (Wildman–Crippen MR) is 260 cm³/mol. The molecule has 16 heteroatoms. The maximum absolute atomic E-state index is 11.2. The zero-order chi connectivity index (χ0) is 47.9. The number of fused-ring (bicyclic) bond motifs is 2. The molecule has 0 aliphatic carbocycles. The first kappa shape index (κ1) is 49.5. The van der Waals surface area contributed by atoms with E-state index in [1.807, 2.05) is 81.4 Å². The molecule has 0 radical (unpaired) electrons. The second-order valence-corrected chi connectivity index (χ2v) is 15.1. The normalized spacial score (nSPS) is 10.8. The van der Waals surface area contributed by atoms with Gasteiger partial charge in [0.25, 0.3) is 0 Å². The molecule has 0 saturated carbocycles. The van der Waals surface area contributed by atoms with Gasteiger partial charge in [0.05, 0.1) is 57.2 Å². The lowest BCUT2D eigenvalue weighted by Gasteiger charge is -2.25. The minimum absolute atomic E-state index is 0.0915. The Balaban J connectivity index is 0.000000195. The second kappa shape index (κ2) is 23.4. The predicted octanol–water partition coefficient (Wildman–Crippen LogP) is 10.9. The summed E-state index contributed by atoms with van der Waals surface area (Å²) < 4.78 is 26.6. The molecule has 0 bridgehead atoms. The van der Waals surface area contributed by atoms with Gasteiger partial charge < -0.3 is 44.9 Å². The molecule has 0 aliphatic rings. The van der Waals surface area contributed by atoms with Gasteiger partial charge in [-0.25, -0.2) is 9.97 Å². The number of carbonyl (C=O) groups is 1. The number of nitrogens with two attached hydrogens (primary N) is 1. The van der Waals surface area contributed by atoms with E-state index in [4.69, 9.17) is 52.6 Å². The number of phenols is 2. The number of hydrogen-bond donors (Lipinski definition) is 4. The Labute approximate surface area is 392 Å². The number of nitrogens with one attached hydrogen (secondary N) is 1. The fourth-order valence-corrected chi connectivity index (χ4v) is 7.18. The summed E-state index contributed by atoms with van der Waals surface area (Å²) in [4.78, 5) is 27.4. The van der Waals surface area contributed by atoms with Gasteiger partial charge in [-0.05, 0) is 79.9 Å². The maximum Gasteiger partial charge on any atom is 0.204 e. The van der Waals surface area contributed by atoms with Crippen molar-refractivity contribution in [3.63, 3.8) is 0 Å². The molecular formula is C50H50Cl2N6O8. The number of anilines is 2. The summed E-state index contributed by atoms with van der Waals surface area (Å²) in [6.07, 6.45) is 7.16. The summed E-state index contributed by atoms with van der Waals surface area (Å²) in [5, 5.41) is 27.0. The molecule has 8 aromatic rings. The monoisotopic (exact) mass is 932 g/mol. The molecule has 0 amide bonds. The first-order valence-corrected chi connectivity index (χ1v) is 20.9. The third-order valence-electron chi connectivity index (χ3n) is 10.0. The Kier molecular flexibility index (Phi) is 17.5. The Morgan fingerprint density at radius 3 is 1.77 bits per heavy atom. The van der Waals surface area contributed by atoms with Crippen molar-refractivity contribution in [2.75, 3.05) is 46.6 Å². The first-order valence-electron chi connectivity index (χ1n) is 20.1. The summed E-state index contributed by atoms with van der Waals surface area (Å²) in [5.41, 5.74) is 11.2. The van der Waals surface area contributed by atoms with Crippen LogP contribution in [0.3, 0.4) is 0 Å². The number of aldehydes is 1. The minimum atomic E-state index is -0.502. The zero-order valence-corrected chi connectivity index (χ0v) is 39.1. The number of rotatable bonds is 10. The lowest BCUT2D eigenvalue weighted by molar-refractivity contribution is 0.111. The maximum atomic E-state index is 11.2. The highest BCUT2D eigenvalue weighted by Gasteiger charge is 2.26. The van der Waals surface area contributed by atoms with Crippen LogP contribution in [0.5, 0.6) is 40.2 Å². The molecule has 4 heterocycles. The molecule has 5 N–H and O–H groups in total. The van der Waals surface area contributed by atoms with Crippen LogP contribution in [-0.4, -0.2) is 72.0 Å². The second-order valence-electron chi connectivity index (χ2n) is 14.3. The van der Waals surface area contributed by atoms with Gasteiger partial charge in [0.15, 0.2) is 29.3 Å². The number of phenolic OH excluding ortho intramolecular Hbond substituents is 2. The Morgan fingerprint density at radius 1 is 0.606 bits per heavy atom. The summed E-state index contributed by atoms with van der Waals surface area (Å²) >= 11 is 11.7. The summed E-state index contributed by atoms with van der Waals surface area (Å²) in [7, 11) is 7.71. The van der Waals surface area contributed by atoms with Crippen molar-refractivity contribution < 1.29 is 38.7 Å². The van der Waals surface area contributed by atoms with Crippen molar-refractivity contribution in [1.29, 1.82) is 0 Å². The van der Waals surface area contributed by atoms with Crippen molar-refractivity contribution in [3.8, 4) is 40.2 Å². The van der Waals surface area contributed by atoms with Crippen molar-refractivity contribution in [2.24, 2.45) is 0 Å². The van der Waals surface area contributed by atoms with E-state index in [2.05, 4.69) is 25.3 Å². The van der Waals surface area contributed by atoms with E-state index in [-0.39, 0.29) is 11.5 Å². The number of halogens is 2. The standard InChI is InChI=1S/C25H24ClN3O3.C10H12O4.C9H7NO.C6H7ClN2/c1-14-7-9-19(24(32-4)23(14)31-3)21(29-25-15(2)12-17(26)13-28-25)18-10-8-16-6-5-11-27-20(16)22(18)30;1-12-8-5-4-7(6-11)9(13-2)10(8)14-3;11-8-5-1-3-7-4-2-6-10-9(7)8;1-4-2-5(7)3-9-6(4)8/h5-13,21,30H,1-4H3,(H,28,29);4-6H,1-3H3;1-6,11H;2-3H,1H3,(H2,8,9). The zero-order valence-electron chi connectivity index (χ0n) is 37.6. The van der Waals surface area contributed by atoms with Gasteiger partial charge in [0.1, 0.15) is 34.2 Å². The first-order chi connectivity index (χ1) is 31.8. The number of aryl methyl sites for hydroxylation is 3. The van der Waals surface area contributed by atoms with Crippen LogP contribution in [0.4, 0.5) is 11.6 Å². The number of nitrogen functional groups attached to an aromatic ring is 1. The van der Waals surface area contributed by atoms with Gasteiger partial charge in [-0.2, -0.15) is 0 Å². The fraction of sp³-hybridized carbons (Fsp3) is 0.180. The highest BCUT2D eigenvalue weighted by Crippen LogP contribution is 2.44. The lowest BCUT2D eigenvalue weighted by Crippen LogP contribution is -2.16. The number of benzene rings is 4. The molecule has 0 saturated heterocycles. The Bertz CT molecular complexity index is 2930. The highest BCUT2D eigenvalue weighted by molar-refractivity contribution is 6.30. The van der Waals surface area contributed by atoms with E-state index in [1.165, 1.54) is 27.5 Å². The van der Waals surface area contributed by atoms with E-state index in [9.17, 15) is 15.0 Å². The average molecular weight is 934 g/mol.